The average Bonchev–Trinajstić information content (AvgIpc) is 2.95. The molecule has 1 aromatic carbocycles. The molecule has 7 nitrogen and oxygen atoms in total. The number of carbonyl (C=O) groups is 1. The van der Waals surface area contributed by atoms with Gasteiger partial charge >= 0.3 is 0 Å². The maximum Gasteiger partial charge on any atom is 0.264 e. The standard InChI is InChI=1S/C17H15ClN4O3S2/c1-10-15(26-17(20-10)21-11(2)23)12-8-14(16(18)19-9-12)27(24,25)22-13-6-4-3-5-7-13/h3-9,22H,1-2H3,(H,20,21,23). The van der Waals surface area contributed by atoms with Gasteiger partial charge in [-0.15, -0.1) is 0 Å². The lowest BCUT2D eigenvalue weighted by molar-refractivity contribution is -0.114. The lowest BCUT2D eigenvalue weighted by atomic mass is 10.2. The van der Waals surface area contributed by atoms with E-state index in [1.165, 1.54) is 30.5 Å². The molecule has 0 radical (unpaired) electrons. The highest BCUT2D eigenvalue weighted by Gasteiger charge is 2.21. The van der Waals surface area contributed by atoms with E-state index in [1.807, 2.05) is 0 Å². The zero-order valence-corrected chi connectivity index (χ0v) is 16.7. The molecule has 0 spiro atoms. The number of sulfonamides is 1. The third kappa shape index (κ3) is 4.44. The van der Waals surface area contributed by atoms with Crippen LogP contribution in [0.4, 0.5) is 10.8 Å². The van der Waals surface area contributed by atoms with Gasteiger partial charge in [-0.2, -0.15) is 0 Å². The van der Waals surface area contributed by atoms with Gasteiger partial charge < -0.3 is 5.32 Å². The number of halogens is 1. The van der Waals surface area contributed by atoms with E-state index in [-0.39, 0.29) is 16.0 Å². The summed E-state index contributed by atoms with van der Waals surface area (Å²) < 4.78 is 28.0. The number of aromatic nitrogens is 2. The van der Waals surface area contributed by atoms with Crippen molar-refractivity contribution in [2.75, 3.05) is 10.0 Å². The van der Waals surface area contributed by atoms with Gasteiger partial charge in [0, 0.05) is 24.4 Å². The molecule has 3 rings (SSSR count). The van der Waals surface area contributed by atoms with Crippen LogP contribution in [0.2, 0.25) is 5.15 Å². The van der Waals surface area contributed by atoms with Crippen LogP contribution in [-0.2, 0) is 14.8 Å². The van der Waals surface area contributed by atoms with Crippen molar-refractivity contribution in [2.45, 2.75) is 18.7 Å². The van der Waals surface area contributed by atoms with Gasteiger partial charge in [0.05, 0.1) is 10.6 Å². The first kappa shape index (κ1) is 19.3. The number of hydrogen-bond acceptors (Lipinski definition) is 6. The van der Waals surface area contributed by atoms with E-state index < -0.39 is 10.0 Å². The second kappa shape index (κ2) is 7.63. The molecule has 2 heterocycles. The smallest absolute Gasteiger partial charge is 0.264 e. The van der Waals surface area contributed by atoms with Crippen molar-refractivity contribution in [1.29, 1.82) is 0 Å². The molecular weight excluding hydrogens is 408 g/mol. The summed E-state index contributed by atoms with van der Waals surface area (Å²) in [5.41, 5.74) is 1.60. The largest absolute Gasteiger partial charge is 0.302 e. The molecule has 1 amide bonds. The van der Waals surface area contributed by atoms with E-state index in [4.69, 9.17) is 11.6 Å². The average molecular weight is 423 g/mol. The lowest BCUT2D eigenvalue weighted by Crippen LogP contribution is -2.14. The van der Waals surface area contributed by atoms with Crippen LogP contribution in [0.15, 0.2) is 47.5 Å². The number of benzene rings is 1. The normalized spacial score (nSPS) is 11.2. The predicted molar refractivity (Wildman–Crippen MR) is 107 cm³/mol. The van der Waals surface area contributed by atoms with Gasteiger partial charge in [0.15, 0.2) is 5.13 Å². The molecule has 0 atom stereocenters. The summed E-state index contributed by atoms with van der Waals surface area (Å²) in [6, 6.07) is 9.94. The minimum atomic E-state index is -3.93. The summed E-state index contributed by atoms with van der Waals surface area (Å²) >= 11 is 7.28. The Bertz CT molecular complexity index is 1100. The van der Waals surface area contributed by atoms with Crippen molar-refractivity contribution >= 4 is 49.7 Å². The first-order chi connectivity index (χ1) is 12.8. The van der Waals surface area contributed by atoms with E-state index >= 15 is 0 Å². The van der Waals surface area contributed by atoms with Gasteiger partial charge in [0.25, 0.3) is 10.0 Å². The Balaban J connectivity index is 2.00. The molecule has 0 aliphatic rings. The van der Waals surface area contributed by atoms with E-state index in [0.717, 1.165) is 0 Å². The summed E-state index contributed by atoms with van der Waals surface area (Å²) in [6.45, 7) is 3.16. The number of thiazole rings is 1. The Morgan fingerprint density at radius 1 is 1.22 bits per heavy atom. The number of aryl methyl sites for hydroxylation is 1. The first-order valence-electron chi connectivity index (χ1n) is 7.75. The highest BCUT2D eigenvalue weighted by molar-refractivity contribution is 7.92. The SMILES string of the molecule is CC(=O)Nc1nc(C)c(-c2cnc(Cl)c(S(=O)(=O)Nc3ccccc3)c2)s1. The van der Waals surface area contributed by atoms with E-state index in [1.54, 1.807) is 37.3 Å². The molecule has 3 aromatic rings. The quantitative estimate of drug-likeness (QED) is 0.606. The Morgan fingerprint density at radius 3 is 2.59 bits per heavy atom. The van der Waals surface area contributed by atoms with Gasteiger partial charge in [0.1, 0.15) is 10.0 Å². The molecular formula is C17H15ClN4O3S2. The first-order valence-corrected chi connectivity index (χ1v) is 10.4. The van der Waals surface area contributed by atoms with Gasteiger partial charge in [-0.1, -0.05) is 41.1 Å². The topological polar surface area (TPSA) is 101 Å². The van der Waals surface area contributed by atoms with Crippen LogP contribution in [0.3, 0.4) is 0 Å². The van der Waals surface area contributed by atoms with Crippen LogP contribution in [0.25, 0.3) is 10.4 Å². The maximum atomic E-state index is 12.7. The summed E-state index contributed by atoms with van der Waals surface area (Å²) in [7, 11) is -3.93. The summed E-state index contributed by atoms with van der Waals surface area (Å²) in [5.74, 6) is -0.236. The minimum Gasteiger partial charge on any atom is -0.302 e. The van der Waals surface area contributed by atoms with Crippen molar-refractivity contribution in [3.8, 4) is 10.4 Å². The van der Waals surface area contributed by atoms with Crippen LogP contribution in [-0.4, -0.2) is 24.3 Å². The summed E-state index contributed by atoms with van der Waals surface area (Å²) in [4.78, 5) is 20.0. The number of pyridine rings is 1. The van der Waals surface area contributed by atoms with Crippen LogP contribution >= 0.6 is 22.9 Å². The number of rotatable bonds is 5. The molecule has 0 aliphatic carbocycles. The number of anilines is 2. The Labute approximate surface area is 165 Å². The van der Waals surface area contributed by atoms with E-state index in [0.29, 0.717) is 27.0 Å². The Morgan fingerprint density at radius 2 is 1.93 bits per heavy atom. The maximum absolute atomic E-state index is 12.7. The van der Waals surface area contributed by atoms with Crippen molar-refractivity contribution in [2.24, 2.45) is 0 Å². The highest BCUT2D eigenvalue weighted by Crippen LogP contribution is 2.35. The number of amides is 1. The number of hydrogen-bond donors (Lipinski definition) is 2. The fourth-order valence-corrected chi connectivity index (χ4v) is 4.84. The number of carbonyl (C=O) groups excluding carboxylic acids is 1. The predicted octanol–water partition coefficient (Wildman–Crippen LogP) is 3.93. The van der Waals surface area contributed by atoms with Crippen molar-refractivity contribution in [3.05, 3.63) is 53.4 Å². The third-order valence-electron chi connectivity index (χ3n) is 3.46. The second-order valence-corrected chi connectivity index (χ2v) is 8.61. The van der Waals surface area contributed by atoms with Crippen molar-refractivity contribution in [3.63, 3.8) is 0 Å². The van der Waals surface area contributed by atoms with Crippen LogP contribution in [0.1, 0.15) is 12.6 Å². The number of para-hydroxylation sites is 1. The third-order valence-corrected chi connectivity index (χ3v) is 6.39. The molecule has 0 saturated carbocycles. The van der Waals surface area contributed by atoms with Gasteiger partial charge in [-0.3, -0.25) is 9.52 Å². The van der Waals surface area contributed by atoms with Gasteiger partial charge in [0.2, 0.25) is 5.91 Å². The molecule has 0 bridgehead atoms. The molecule has 0 saturated heterocycles. The minimum absolute atomic E-state index is 0.133. The van der Waals surface area contributed by atoms with Crippen LogP contribution in [0, 0.1) is 6.92 Å². The zero-order chi connectivity index (χ0) is 19.6. The van der Waals surface area contributed by atoms with Crippen LogP contribution in [0.5, 0.6) is 0 Å². The molecule has 0 unspecified atom stereocenters. The number of nitrogens with one attached hydrogen (secondary N) is 2. The molecule has 140 valence electrons. The monoisotopic (exact) mass is 422 g/mol. The zero-order valence-electron chi connectivity index (χ0n) is 14.4. The molecule has 27 heavy (non-hydrogen) atoms. The number of nitrogens with zero attached hydrogens (tertiary/aromatic N) is 2. The lowest BCUT2D eigenvalue weighted by Gasteiger charge is -2.10. The second-order valence-electron chi connectivity index (χ2n) is 5.60. The fraction of sp³-hybridized carbons (Fsp3) is 0.118. The fourth-order valence-electron chi connectivity index (χ4n) is 2.33. The molecule has 2 aromatic heterocycles. The molecule has 10 heteroatoms. The van der Waals surface area contributed by atoms with Gasteiger partial charge in [-0.05, 0) is 25.1 Å². The molecule has 0 aliphatic heterocycles. The van der Waals surface area contributed by atoms with E-state index in [9.17, 15) is 13.2 Å². The summed E-state index contributed by atoms with van der Waals surface area (Å²) in [5, 5.41) is 2.91. The summed E-state index contributed by atoms with van der Waals surface area (Å²) in [6.07, 6.45) is 1.47. The highest BCUT2D eigenvalue weighted by atomic mass is 35.5. The Hall–Kier alpha value is -2.49. The van der Waals surface area contributed by atoms with E-state index in [2.05, 4.69) is 20.0 Å². The van der Waals surface area contributed by atoms with Crippen molar-refractivity contribution in [1.82, 2.24) is 9.97 Å². The molecule has 2 N–H and O–H groups in total. The molecule has 0 fully saturated rings. The van der Waals surface area contributed by atoms with Gasteiger partial charge in [-0.25, -0.2) is 18.4 Å². The Kier molecular flexibility index (Phi) is 5.45. The van der Waals surface area contributed by atoms with Crippen molar-refractivity contribution < 1.29 is 13.2 Å². The van der Waals surface area contributed by atoms with Crippen LogP contribution < -0.4 is 10.0 Å².